The smallest absolute Gasteiger partial charge is 0.468 e. The predicted octanol–water partition coefficient (Wildman–Crippen LogP) is -0.346. The molecule has 0 saturated heterocycles. The molecule has 1 rings (SSSR count). The lowest BCUT2D eigenvalue weighted by molar-refractivity contribution is -0.144. The van der Waals surface area contributed by atoms with Gasteiger partial charge < -0.3 is 20.1 Å². The van der Waals surface area contributed by atoms with Crippen molar-refractivity contribution >= 4 is 18.6 Å². The van der Waals surface area contributed by atoms with E-state index >= 15 is 0 Å². The number of methoxy groups -OCH3 is 1. The molecule has 1 aromatic rings. The molecule has 5 nitrogen and oxygen atoms in total. The average Bonchev–Trinajstić information content (AvgIpc) is 2.38. The molecule has 0 bridgehead atoms. The summed E-state index contributed by atoms with van der Waals surface area (Å²) in [7, 11) is -0.0860. The van der Waals surface area contributed by atoms with Gasteiger partial charge in [-0.05, 0) is 16.9 Å². The van der Waals surface area contributed by atoms with Gasteiger partial charge in [-0.2, -0.15) is 0 Å². The molecule has 19 heavy (non-hydrogen) atoms. The summed E-state index contributed by atoms with van der Waals surface area (Å²) >= 11 is 0. The number of esters is 1. The Kier molecular flexibility index (Phi) is 6.01. The first-order valence-corrected chi connectivity index (χ1v) is 6.22. The molecule has 3 N–H and O–H groups in total. The van der Waals surface area contributed by atoms with Crippen molar-refractivity contribution in [3.05, 3.63) is 29.8 Å². The fraction of sp³-hybridized carbons (Fsp3) is 0.462. The lowest BCUT2D eigenvalue weighted by Gasteiger charge is -2.19. The molecule has 0 aromatic heterocycles. The normalized spacial score (nSPS) is 12.3. The quantitative estimate of drug-likeness (QED) is 0.484. The fourth-order valence-electron chi connectivity index (χ4n) is 1.75. The Labute approximate surface area is 113 Å². The summed E-state index contributed by atoms with van der Waals surface area (Å²) in [5.74, 6) is -0.150. The summed E-state index contributed by atoms with van der Waals surface area (Å²) in [6.07, 6.45) is 0. The van der Waals surface area contributed by atoms with Crippen molar-refractivity contribution in [2.45, 2.75) is 26.4 Å². The first-order valence-electron chi connectivity index (χ1n) is 6.22. The lowest BCUT2D eigenvalue weighted by Crippen LogP contribution is -2.41. The zero-order chi connectivity index (χ0) is 14.4. The Morgan fingerprint density at radius 2 is 1.89 bits per heavy atom. The minimum absolute atomic E-state index is 0.131. The Morgan fingerprint density at radius 3 is 2.32 bits per heavy atom. The molecule has 0 fully saturated rings. The molecule has 0 spiro atoms. The van der Waals surface area contributed by atoms with Crippen LogP contribution in [0.3, 0.4) is 0 Å². The first kappa shape index (κ1) is 15.7. The van der Waals surface area contributed by atoms with Gasteiger partial charge in [-0.15, -0.1) is 0 Å². The number of hydrogen-bond acceptors (Lipinski definition) is 5. The van der Waals surface area contributed by atoms with E-state index in [1.165, 1.54) is 7.11 Å². The number of ether oxygens (including phenoxy) is 1. The lowest BCUT2D eigenvalue weighted by atomic mass is 9.80. The van der Waals surface area contributed by atoms with E-state index in [4.69, 9.17) is 14.8 Å². The standard InChI is InChI=1S/C13H20BNO4/c1-9(2)12(13(16)19-3)15-8-10-4-6-11(7-5-10)14(17)18/h4-7,9,12,15,17-18H,8H2,1-3H3. The van der Waals surface area contributed by atoms with Crippen LogP contribution in [0.15, 0.2) is 24.3 Å². The van der Waals surface area contributed by atoms with Gasteiger partial charge in [0, 0.05) is 6.54 Å². The number of benzene rings is 1. The van der Waals surface area contributed by atoms with Crippen LogP contribution in [0.5, 0.6) is 0 Å². The minimum atomic E-state index is -1.46. The highest BCUT2D eigenvalue weighted by molar-refractivity contribution is 6.58. The molecule has 1 atom stereocenters. The summed E-state index contributed by atoms with van der Waals surface area (Å²) in [5, 5.41) is 21.1. The summed E-state index contributed by atoms with van der Waals surface area (Å²) < 4.78 is 4.75. The number of carbonyl (C=O) groups excluding carboxylic acids is 1. The minimum Gasteiger partial charge on any atom is -0.468 e. The molecular weight excluding hydrogens is 245 g/mol. The van der Waals surface area contributed by atoms with Crippen LogP contribution in [-0.4, -0.2) is 36.3 Å². The second-order valence-corrected chi connectivity index (χ2v) is 4.74. The first-order chi connectivity index (χ1) is 8.95. The maximum Gasteiger partial charge on any atom is 0.488 e. The van der Waals surface area contributed by atoms with E-state index in [9.17, 15) is 4.79 Å². The van der Waals surface area contributed by atoms with E-state index in [2.05, 4.69) is 5.32 Å². The van der Waals surface area contributed by atoms with E-state index in [0.717, 1.165) is 5.56 Å². The van der Waals surface area contributed by atoms with Gasteiger partial charge in [0.2, 0.25) is 0 Å². The van der Waals surface area contributed by atoms with E-state index in [1.807, 2.05) is 13.8 Å². The summed E-state index contributed by atoms with van der Waals surface area (Å²) in [6, 6.07) is 6.51. The Morgan fingerprint density at radius 1 is 1.32 bits per heavy atom. The van der Waals surface area contributed by atoms with Gasteiger partial charge >= 0.3 is 13.1 Å². The van der Waals surface area contributed by atoms with E-state index in [-0.39, 0.29) is 17.9 Å². The maximum absolute atomic E-state index is 11.6. The van der Waals surface area contributed by atoms with E-state index in [0.29, 0.717) is 12.0 Å². The topological polar surface area (TPSA) is 78.8 Å². The van der Waals surface area contributed by atoms with Crippen LogP contribution in [0.2, 0.25) is 0 Å². The SMILES string of the molecule is COC(=O)C(NCc1ccc(B(O)O)cc1)C(C)C. The molecule has 0 amide bonds. The monoisotopic (exact) mass is 265 g/mol. The zero-order valence-corrected chi connectivity index (χ0v) is 11.5. The van der Waals surface area contributed by atoms with Gasteiger partial charge in [-0.3, -0.25) is 4.79 Å². The highest BCUT2D eigenvalue weighted by Crippen LogP contribution is 2.05. The van der Waals surface area contributed by atoms with Crippen LogP contribution in [-0.2, 0) is 16.1 Å². The third-order valence-electron chi connectivity index (χ3n) is 2.93. The molecule has 0 saturated carbocycles. The second-order valence-electron chi connectivity index (χ2n) is 4.74. The number of carbonyl (C=O) groups is 1. The van der Waals surface area contributed by atoms with Gasteiger partial charge in [-0.1, -0.05) is 38.1 Å². The van der Waals surface area contributed by atoms with Crippen LogP contribution < -0.4 is 10.8 Å². The molecule has 1 unspecified atom stereocenters. The summed E-state index contributed by atoms with van der Waals surface area (Å²) in [5.41, 5.74) is 1.40. The van der Waals surface area contributed by atoms with Crippen molar-refractivity contribution in [1.29, 1.82) is 0 Å². The fourth-order valence-corrected chi connectivity index (χ4v) is 1.75. The van der Waals surface area contributed by atoms with Crippen molar-refractivity contribution < 1.29 is 19.6 Å². The number of nitrogens with one attached hydrogen (secondary N) is 1. The van der Waals surface area contributed by atoms with E-state index in [1.54, 1.807) is 24.3 Å². The summed E-state index contributed by atoms with van der Waals surface area (Å²) in [6.45, 7) is 4.40. The Hall–Kier alpha value is -1.37. The molecular formula is C13H20BNO4. The second kappa shape index (κ2) is 7.28. The molecule has 1 aromatic carbocycles. The van der Waals surface area contributed by atoms with Crippen LogP contribution in [0.1, 0.15) is 19.4 Å². The number of hydrogen-bond donors (Lipinski definition) is 3. The van der Waals surface area contributed by atoms with Crippen molar-refractivity contribution in [3.8, 4) is 0 Å². The third kappa shape index (κ3) is 4.67. The van der Waals surface area contributed by atoms with Gasteiger partial charge in [0.05, 0.1) is 7.11 Å². The molecule has 0 heterocycles. The Balaban J connectivity index is 2.61. The van der Waals surface area contributed by atoms with Crippen LogP contribution in [0.25, 0.3) is 0 Å². The highest BCUT2D eigenvalue weighted by atomic mass is 16.5. The number of rotatable bonds is 6. The average molecular weight is 265 g/mol. The van der Waals surface area contributed by atoms with Gasteiger partial charge in [0.25, 0.3) is 0 Å². The van der Waals surface area contributed by atoms with Crippen molar-refractivity contribution in [2.24, 2.45) is 5.92 Å². The maximum atomic E-state index is 11.6. The predicted molar refractivity (Wildman–Crippen MR) is 73.7 cm³/mol. The third-order valence-corrected chi connectivity index (χ3v) is 2.93. The summed E-state index contributed by atoms with van der Waals surface area (Å²) in [4.78, 5) is 11.6. The van der Waals surface area contributed by atoms with E-state index < -0.39 is 7.12 Å². The molecule has 0 radical (unpaired) electrons. The van der Waals surface area contributed by atoms with Gasteiger partial charge in [0.15, 0.2) is 0 Å². The van der Waals surface area contributed by atoms with Gasteiger partial charge in [0.1, 0.15) is 6.04 Å². The molecule has 0 aliphatic carbocycles. The van der Waals surface area contributed by atoms with Crippen LogP contribution in [0, 0.1) is 5.92 Å². The van der Waals surface area contributed by atoms with Crippen molar-refractivity contribution in [1.82, 2.24) is 5.32 Å². The van der Waals surface area contributed by atoms with Crippen molar-refractivity contribution in [3.63, 3.8) is 0 Å². The van der Waals surface area contributed by atoms with Crippen LogP contribution >= 0.6 is 0 Å². The van der Waals surface area contributed by atoms with Gasteiger partial charge in [-0.25, -0.2) is 0 Å². The Bertz CT molecular complexity index is 406. The largest absolute Gasteiger partial charge is 0.488 e. The van der Waals surface area contributed by atoms with Crippen LogP contribution in [0.4, 0.5) is 0 Å². The molecule has 0 aliphatic heterocycles. The highest BCUT2D eigenvalue weighted by Gasteiger charge is 2.22. The molecule has 6 heteroatoms. The molecule has 104 valence electrons. The zero-order valence-electron chi connectivity index (χ0n) is 11.5. The molecule has 0 aliphatic rings. The van der Waals surface area contributed by atoms with Crippen molar-refractivity contribution in [2.75, 3.05) is 7.11 Å².